The van der Waals surface area contributed by atoms with Gasteiger partial charge in [-0.15, -0.1) is 0 Å². The van der Waals surface area contributed by atoms with Crippen LogP contribution in [0.4, 0.5) is 13.2 Å². The summed E-state index contributed by atoms with van der Waals surface area (Å²) in [5, 5.41) is 3.17. The average Bonchev–Trinajstić information content (AvgIpc) is 2.82. The van der Waals surface area contributed by atoms with Crippen LogP contribution in [0.25, 0.3) is 10.4 Å². The second kappa shape index (κ2) is 5.73. The molecule has 0 radical (unpaired) electrons. The van der Waals surface area contributed by atoms with Gasteiger partial charge in [-0.2, -0.15) is 13.2 Å². The van der Waals surface area contributed by atoms with Gasteiger partial charge in [0.15, 0.2) is 0 Å². The van der Waals surface area contributed by atoms with Gasteiger partial charge in [0.05, 0.1) is 5.41 Å². The van der Waals surface area contributed by atoms with Crippen molar-refractivity contribution in [2.45, 2.75) is 19.1 Å². The molecule has 20 heavy (non-hydrogen) atoms. The molecule has 1 aliphatic rings. The number of nitrogens with zero attached hydrogens (tertiary/aromatic N) is 4. The van der Waals surface area contributed by atoms with E-state index in [9.17, 15) is 13.2 Å². The zero-order chi connectivity index (χ0) is 14.6. The number of likely N-dealkylation sites (tertiary alicyclic amines) is 1. The highest BCUT2D eigenvalue weighted by Crippen LogP contribution is 2.46. The molecule has 1 aromatic carbocycles. The van der Waals surface area contributed by atoms with E-state index < -0.39 is 18.1 Å². The number of halogens is 3. The third-order valence-electron chi connectivity index (χ3n) is 3.72. The maximum atomic E-state index is 13.2. The number of azide groups is 1. The largest absolute Gasteiger partial charge is 0.395 e. The fourth-order valence-corrected chi connectivity index (χ4v) is 2.55. The standard InChI is InChI=1S/C13H15F3N4/c14-13(15,16)12(9-18-19-17)6-7-20(10-12)8-11-4-2-1-3-5-11/h1-5H,6-10H2. The molecule has 0 aromatic heterocycles. The van der Waals surface area contributed by atoms with Crippen molar-refractivity contribution in [1.82, 2.24) is 4.90 Å². The van der Waals surface area contributed by atoms with Crippen molar-refractivity contribution in [1.29, 1.82) is 0 Å². The molecule has 0 N–H and O–H groups in total. The lowest BCUT2D eigenvalue weighted by Gasteiger charge is -2.30. The quantitative estimate of drug-likeness (QED) is 0.472. The van der Waals surface area contributed by atoms with Crippen LogP contribution in [-0.4, -0.2) is 30.7 Å². The molecular formula is C13H15F3N4. The average molecular weight is 284 g/mol. The second-order valence-electron chi connectivity index (χ2n) is 5.11. The summed E-state index contributed by atoms with van der Waals surface area (Å²) in [4.78, 5) is 4.23. The first-order valence-corrected chi connectivity index (χ1v) is 6.31. The Morgan fingerprint density at radius 3 is 2.60 bits per heavy atom. The van der Waals surface area contributed by atoms with Gasteiger partial charge in [-0.25, -0.2) is 0 Å². The lowest BCUT2D eigenvalue weighted by Crippen LogP contribution is -2.43. The summed E-state index contributed by atoms with van der Waals surface area (Å²) in [6.45, 7) is 0.187. The van der Waals surface area contributed by atoms with E-state index in [1.165, 1.54) is 0 Å². The molecule has 1 unspecified atom stereocenters. The van der Waals surface area contributed by atoms with Crippen LogP contribution in [0.5, 0.6) is 0 Å². The van der Waals surface area contributed by atoms with Gasteiger partial charge >= 0.3 is 6.18 Å². The normalized spacial score (nSPS) is 23.6. The Kier molecular flexibility index (Phi) is 4.20. The topological polar surface area (TPSA) is 52.0 Å². The zero-order valence-electron chi connectivity index (χ0n) is 10.8. The van der Waals surface area contributed by atoms with Crippen LogP contribution in [0.15, 0.2) is 35.4 Å². The summed E-state index contributed by atoms with van der Waals surface area (Å²) in [5.41, 5.74) is 7.36. The first-order chi connectivity index (χ1) is 9.47. The molecule has 0 bridgehead atoms. The van der Waals surface area contributed by atoms with Crippen LogP contribution in [0.3, 0.4) is 0 Å². The Bertz CT molecular complexity index is 496. The van der Waals surface area contributed by atoms with Gasteiger partial charge < -0.3 is 0 Å². The molecule has 2 rings (SSSR count). The Morgan fingerprint density at radius 2 is 2.00 bits per heavy atom. The number of alkyl halides is 3. The Labute approximate surface area is 114 Å². The Hall–Kier alpha value is -1.72. The zero-order valence-corrected chi connectivity index (χ0v) is 10.8. The number of benzene rings is 1. The van der Waals surface area contributed by atoms with E-state index in [4.69, 9.17) is 5.53 Å². The van der Waals surface area contributed by atoms with Gasteiger partial charge in [-0.3, -0.25) is 4.90 Å². The van der Waals surface area contributed by atoms with E-state index >= 15 is 0 Å². The molecule has 1 aliphatic heterocycles. The minimum absolute atomic E-state index is 0.0254. The van der Waals surface area contributed by atoms with Gasteiger partial charge in [-0.05, 0) is 24.1 Å². The molecule has 4 nitrogen and oxygen atoms in total. The first kappa shape index (κ1) is 14.7. The maximum Gasteiger partial charge on any atom is 0.395 e. The summed E-state index contributed by atoms with van der Waals surface area (Å²) < 4.78 is 39.7. The van der Waals surface area contributed by atoms with E-state index in [2.05, 4.69) is 10.0 Å². The van der Waals surface area contributed by atoms with Crippen LogP contribution in [0.1, 0.15) is 12.0 Å². The number of hydrogen-bond acceptors (Lipinski definition) is 2. The molecule has 1 saturated heterocycles. The smallest absolute Gasteiger partial charge is 0.298 e. The number of hydrogen-bond donors (Lipinski definition) is 0. The minimum Gasteiger partial charge on any atom is -0.298 e. The van der Waals surface area contributed by atoms with Crippen LogP contribution in [-0.2, 0) is 6.54 Å². The molecule has 0 saturated carbocycles. The summed E-state index contributed by atoms with van der Waals surface area (Å²) in [5.74, 6) is 0. The monoisotopic (exact) mass is 284 g/mol. The molecule has 0 spiro atoms. The molecule has 1 aromatic rings. The van der Waals surface area contributed by atoms with E-state index in [0.29, 0.717) is 13.1 Å². The van der Waals surface area contributed by atoms with E-state index in [1.807, 2.05) is 30.3 Å². The highest BCUT2D eigenvalue weighted by molar-refractivity contribution is 5.15. The van der Waals surface area contributed by atoms with Crippen LogP contribution < -0.4 is 0 Å². The molecule has 108 valence electrons. The van der Waals surface area contributed by atoms with Gasteiger partial charge in [0, 0.05) is 24.5 Å². The predicted octanol–water partition coefficient (Wildman–Crippen LogP) is 3.75. The highest BCUT2D eigenvalue weighted by atomic mass is 19.4. The second-order valence-corrected chi connectivity index (χ2v) is 5.11. The first-order valence-electron chi connectivity index (χ1n) is 6.31. The highest BCUT2D eigenvalue weighted by Gasteiger charge is 2.57. The summed E-state index contributed by atoms with van der Waals surface area (Å²) in [7, 11) is 0. The fourth-order valence-electron chi connectivity index (χ4n) is 2.55. The van der Waals surface area contributed by atoms with Crippen molar-refractivity contribution in [3.8, 4) is 0 Å². The van der Waals surface area contributed by atoms with Crippen molar-refractivity contribution in [2.24, 2.45) is 10.5 Å². The third kappa shape index (κ3) is 3.05. The number of rotatable bonds is 4. The van der Waals surface area contributed by atoms with Gasteiger partial charge in [0.1, 0.15) is 0 Å². The van der Waals surface area contributed by atoms with Crippen molar-refractivity contribution < 1.29 is 13.2 Å². The van der Waals surface area contributed by atoms with Gasteiger partial charge in [-0.1, -0.05) is 35.4 Å². The summed E-state index contributed by atoms with van der Waals surface area (Å²) >= 11 is 0. The molecule has 0 amide bonds. The van der Waals surface area contributed by atoms with E-state index in [1.54, 1.807) is 4.90 Å². The summed E-state index contributed by atoms with van der Waals surface area (Å²) in [6, 6.07) is 9.38. The third-order valence-corrected chi connectivity index (χ3v) is 3.72. The molecule has 1 heterocycles. The SMILES string of the molecule is [N-]=[N+]=NCC1(C(F)(F)F)CCN(Cc2ccccc2)C1. The Balaban J connectivity index is 2.09. The van der Waals surface area contributed by atoms with E-state index in [0.717, 1.165) is 5.56 Å². The predicted molar refractivity (Wildman–Crippen MR) is 68.8 cm³/mol. The Morgan fingerprint density at radius 1 is 1.30 bits per heavy atom. The minimum atomic E-state index is -4.35. The van der Waals surface area contributed by atoms with Gasteiger partial charge in [0.25, 0.3) is 0 Å². The molecule has 1 fully saturated rings. The van der Waals surface area contributed by atoms with Crippen LogP contribution in [0, 0.1) is 5.41 Å². The van der Waals surface area contributed by atoms with Crippen molar-refractivity contribution in [3.63, 3.8) is 0 Å². The van der Waals surface area contributed by atoms with E-state index in [-0.39, 0.29) is 13.0 Å². The van der Waals surface area contributed by atoms with Gasteiger partial charge in [0.2, 0.25) is 0 Å². The van der Waals surface area contributed by atoms with Crippen molar-refractivity contribution in [3.05, 3.63) is 46.3 Å². The van der Waals surface area contributed by atoms with Crippen molar-refractivity contribution in [2.75, 3.05) is 19.6 Å². The van der Waals surface area contributed by atoms with Crippen LogP contribution in [0.2, 0.25) is 0 Å². The lowest BCUT2D eigenvalue weighted by molar-refractivity contribution is -0.215. The lowest BCUT2D eigenvalue weighted by atomic mass is 9.86. The molecule has 0 aliphatic carbocycles. The summed E-state index contributed by atoms with van der Waals surface area (Å²) in [6.07, 6.45) is -4.38. The molecule has 1 atom stereocenters. The van der Waals surface area contributed by atoms with Crippen LogP contribution >= 0.6 is 0 Å². The van der Waals surface area contributed by atoms with Crippen molar-refractivity contribution >= 4 is 0 Å². The fraction of sp³-hybridized carbons (Fsp3) is 0.538. The maximum absolute atomic E-state index is 13.2. The molecule has 7 heteroatoms. The molecular weight excluding hydrogens is 269 g/mol.